The third-order valence-electron chi connectivity index (χ3n) is 3.18. The van der Waals surface area contributed by atoms with Gasteiger partial charge in [0.05, 0.1) is 18.2 Å². The third-order valence-corrected chi connectivity index (χ3v) is 3.49. The number of carbonyl (C=O) groups is 1. The van der Waals surface area contributed by atoms with Gasteiger partial charge in [0.15, 0.2) is 6.61 Å². The largest absolute Gasteiger partial charge is 0.496 e. The first kappa shape index (κ1) is 16.2. The van der Waals surface area contributed by atoms with Crippen molar-refractivity contribution >= 4 is 17.5 Å². The van der Waals surface area contributed by atoms with Crippen LogP contribution in [0.1, 0.15) is 18.5 Å². The minimum Gasteiger partial charge on any atom is -0.496 e. The molecule has 0 aromatic heterocycles. The maximum atomic E-state index is 12.0. The van der Waals surface area contributed by atoms with Gasteiger partial charge in [0, 0.05) is 5.56 Å². The van der Waals surface area contributed by atoms with E-state index in [0.29, 0.717) is 10.8 Å². The molecule has 4 nitrogen and oxygen atoms in total. The first-order valence-corrected chi connectivity index (χ1v) is 7.29. The van der Waals surface area contributed by atoms with Gasteiger partial charge in [-0.2, -0.15) is 0 Å². The zero-order chi connectivity index (χ0) is 15.9. The highest BCUT2D eigenvalue weighted by Gasteiger charge is 2.14. The number of amides is 1. The topological polar surface area (TPSA) is 47.6 Å². The molecule has 2 aromatic carbocycles. The van der Waals surface area contributed by atoms with E-state index in [1.54, 1.807) is 31.4 Å². The highest BCUT2D eigenvalue weighted by molar-refractivity contribution is 6.32. The van der Waals surface area contributed by atoms with Crippen LogP contribution in [0.4, 0.5) is 0 Å². The highest BCUT2D eigenvalue weighted by atomic mass is 35.5. The molecule has 2 aromatic rings. The van der Waals surface area contributed by atoms with Crippen LogP contribution in [0.15, 0.2) is 48.5 Å². The minimum absolute atomic E-state index is 0.0940. The number of halogens is 1. The molecule has 1 unspecified atom stereocenters. The van der Waals surface area contributed by atoms with Gasteiger partial charge >= 0.3 is 0 Å². The van der Waals surface area contributed by atoms with Gasteiger partial charge in [0.2, 0.25) is 0 Å². The Morgan fingerprint density at radius 2 is 1.77 bits per heavy atom. The first-order valence-electron chi connectivity index (χ1n) is 6.91. The summed E-state index contributed by atoms with van der Waals surface area (Å²) < 4.78 is 10.7. The van der Waals surface area contributed by atoms with Crippen molar-refractivity contribution in [1.82, 2.24) is 5.32 Å². The molecule has 22 heavy (non-hydrogen) atoms. The molecular formula is C17H18ClNO3. The Morgan fingerprint density at radius 3 is 2.45 bits per heavy atom. The molecule has 0 radical (unpaired) electrons. The molecule has 0 heterocycles. The standard InChI is InChI=1S/C17H18ClNO3/c1-12(13-7-3-5-9-15(13)21-2)19-17(20)11-22-16-10-6-4-8-14(16)18/h3-10,12H,11H2,1-2H3,(H,19,20). The summed E-state index contributed by atoms with van der Waals surface area (Å²) in [5.41, 5.74) is 0.913. The van der Waals surface area contributed by atoms with E-state index < -0.39 is 0 Å². The lowest BCUT2D eigenvalue weighted by atomic mass is 10.1. The summed E-state index contributed by atoms with van der Waals surface area (Å²) in [6.07, 6.45) is 0. The third kappa shape index (κ3) is 4.15. The number of methoxy groups -OCH3 is 1. The maximum Gasteiger partial charge on any atom is 0.258 e. The highest BCUT2D eigenvalue weighted by Crippen LogP contribution is 2.25. The van der Waals surface area contributed by atoms with Gasteiger partial charge in [0.25, 0.3) is 5.91 Å². The molecule has 1 N–H and O–H groups in total. The van der Waals surface area contributed by atoms with Crippen molar-refractivity contribution in [3.63, 3.8) is 0 Å². The predicted molar refractivity (Wildman–Crippen MR) is 86.5 cm³/mol. The van der Waals surface area contributed by atoms with E-state index in [0.717, 1.165) is 11.3 Å². The van der Waals surface area contributed by atoms with Crippen LogP contribution >= 0.6 is 11.6 Å². The fourth-order valence-electron chi connectivity index (χ4n) is 2.09. The Morgan fingerprint density at radius 1 is 1.14 bits per heavy atom. The average molecular weight is 320 g/mol. The smallest absolute Gasteiger partial charge is 0.258 e. The molecule has 0 bridgehead atoms. The van der Waals surface area contributed by atoms with E-state index in [2.05, 4.69) is 5.32 Å². The van der Waals surface area contributed by atoms with Crippen molar-refractivity contribution in [2.24, 2.45) is 0 Å². The molecule has 0 aliphatic heterocycles. The summed E-state index contributed by atoms with van der Waals surface area (Å²) in [5, 5.41) is 3.35. The molecule has 2 rings (SSSR count). The molecule has 1 amide bonds. The van der Waals surface area contributed by atoms with Crippen molar-refractivity contribution in [1.29, 1.82) is 0 Å². The van der Waals surface area contributed by atoms with Gasteiger partial charge in [-0.05, 0) is 25.1 Å². The van der Waals surface area contributed by atoms with Crippen LogP contribution in [-0.2, 0) is 4.79 Å². The fourth-order valence-corrected chi connectivity index (χ4v) is 2.28. The van der Waals surface area contributed by atoms with Gasteiger partial charge in [-0.1, -0.05) is 41.9 Å². The molecule has 0 saturated carbocycles. The molecule has 0 saturated heterocycles. The second kappa shape index (κ2) is 7.71. The maximum absolute atomic E-state index is 12.0. The van der Waals surface area contributed by atoms with Crippen LogP contribution in [0.25, 0.3) is 0 Å². The van der Waals surface area contributed by atoms with E-state index in [9.17, 15) is 4.79 Å². The summed E-state index contributed by atoms with van der Waals surface area (Å²) in [6.45, 7) is 1.80. The second-order valence-corrected chi connectivity index (χ2v) is 5.16. The van der Waals surface area contributed by atoms with Gasteiger partial charge in [-0.15, -0.1) is 0 Å². The van der Waals surface area contributed by atoms with Crippen molar-refractivity contribution < 1.29 is 14.3 Å². The zero-order valence-corrected chi connectivity index (χ0v) is 13.3. The van der Waals surface area contributed by atoms with E-state index in [1.165, 1.54) is 0 Å². The number of rotatable bonds is 6. The Bertz CT molecular complexity index is 645. The van der Waals surface area contributed by atoms with Crippen LogP contribution in [0, 0.1) is 0 Å². The number of ether oxygens (including phenoxy) is 2. The molecular weight excluding hydrogens is 302 g/mol. The SMILES string of the molecule is COc1ccccc1C(C)NC(=O)COc1ccccc1Cl. The molecule has 5 heteroatoms. The molecule has 0 aliphatic carbocycles. The summed E-state index contributed by atoms with van der Waals surface area (Å²) >= 11 is 5.98. The van der Waals surface area contributed by atoms with Crippen LogP contribution in [0.3, 0.4) is 0 Å². The molecule has 1 atom stereocenters. The van der Waals surface area contributed by atoms with Crippen LogP contribution in [0.2, 0.25) is 5.02 Å². The zero-order valence-electron chi connectivity index (χ0n) is 12.5. The van der Waals surface area contributed by atoms with Crippen LogP contribution < -0.4 is 14.8 Å². The minimum atomic E-state index is -0.224. The fraction of sp³-hybridized carbons (Fsp3) is 0.235. The average Bonchev–Trinajstić information content (AvgIpc) is 2.54. The van der Waals surface area contributed by atoms with E-state index in [-0.39, 0.29) is 18.6 Å². The quantitative estimate of drug-likeness (QED) is 0.885. The summed E-state index contributed by atoms with van der Waals surface area (Å²) in [5.74, 6) is 1.00. The molecule has 0 aliphatic rings. The van der Waals surface area contributed by atoms with Gasteiger partial charge in [-0.25, -0.2) is 0 Å². The molecule has 0 fully saturated rings. The number of para-hydroxylation sites is 2. The monoisotopic (exact) mass is 319 g/mol. The Balaban J connectivity index is 1.93. The van der Waals surface area contributed by atoms with Gasteiger partial charge < -0.3 is 14.8 Å². The summed E-state index contributed by atoms with van der Waals surface area (Å²) in [6, 6.07) is 14.4. The number of hydrogen-bond acceptors (Lipinski definition) is 3. The molecule has 116 valence electrons. The normalized spacial score (nSPS) is 11.6. The second-order valence-electron chi connectivity index (χ2n) is 4.75. The first-order chi connectivity index (χ1) is 10.6. The predicted octanol–water partition coefficient (Wildman–Crippen LogP) is 3.60. The number of carbonyl (C=O) groups excluding carboxylic acids is 1. The number of hydrogen-bond donors (Lipinski definition) is 1. The Hall–Kier alpha value is -2.20. The van der Waals surface area contributed by atoms with Crippen molar-refractivity contribution in [3.05, 3.63) is 59.1 Å². The van der Waals surface area contributed by atoms with Crippen molar-refractivity contribution in [3.8, 4) is 11.5 Å². The van der Waals surface area contributed by atoms with Gasteiger partial charge in [0.1, 0.15) is 11.5 Å². The van der Waals surface area contributed by atoms with E-state index >= 15 is 0 Å². The van der Waals surface area contributed by atoms with Gasteiger partial charge in [-0.3, -0.25) is 4.79 Å². The Kier molecular flexibility index (Phi) is 5.67. The lowest BCUT2D eigenvalue weighted by molar-refractivity contribution is -0.123. The summed E-state index contributed by atoms with van der Waals surface area (Å²) in [7, 11) is 1.61. The van der Waals surface area contributed by atoms with Crippen LogP contribution in [-0.4, -0.2) is 19.6 Å². The molecule has 0 spiro atoms. The lowest BCUT2D eigenvalue weighted by Gasteiger charge is -2.17. The number of benzene rings is 2. The van der Waals surface area contributed by atoms with Crippen LogP contribution in [0.5, 0.6) is 11.5 Å². The van der Waals surface area contributed by atoms with E-state index in [1.807, 2.05) is 31.2 Å². The Labute approximate surface area is 135 Å². The van der Waals surface area contributed by atoms with Crippen molar-refractivity contribution in [2.45, 2.75) is 13.0 Å². The van der Waals surface area contributed by atoms with Crippen molar-refractivity contribution in [2.75, 3.05) is 13.7 Å². The lowest BCUT2D eigenvalue weighted by Crippen LogP contribution is -2.31. The van der Waals surface area contributed by atoms with E-state index in [4.69, 9.17) is 21.1 Å². The summed E-state index contributed by atoms with van der Waals surface area (Å²) in [4.78, 5) is 12.0. The number of nitrogens with one attached hydrogen (secondary N) is 1.